The molecular formula is C19H26N4O. The SMILES string of the molecule is Cc1cccc(CNc2cncc(C(=O)NCCCN(C)C)c2)c1. The van der Waals surface area contributed by atoms with Gasteiger partial charge in [0.1, 0.15) is 0 Å². The van der Waals surface area contributed by atoms with E-state index in [-0.39, 0.29) is 5.91 Å². The summed E-state index contributed by atoms with van der Waals surface area (Å²) in [6, 6.07) is 10.2. The molecule has 0 aliphatic heterocycles. The van der Waals surface area contributed by atoms with Gasteiger partial charge >= 0.3 is 0 Å². The van der Waals surface area contributed by atoms with Gasteiger partial charge in [-0.1, -0.05) is 29.8 Å². The number of aryl methyl sites for hydroxylation is 1. The number of hydrogen-bond acceptors (Lipinski definition) is 4. The molecule has 0 radical (unpaired) electrons. The fraction of sp³-hybridized carbons (Fsp3) is 0.368. The third kappa shape index (κ3) is 6.01. The van der Waals surface area contributed by atoms with E-state index in [9.17, 15) is 4.79 Å². The first kappa shape index (κ1) is 17.9. The number of nitrogens with one attached hydrogen (secondary N) is 2. The Bertz CT molecular complexity index is 670. The van der Waals surface area contributed by atoms with E-state index in [4.69, 9.17) is 0 Å². The fourth-order valence-corrected chi connectivity index (χ4v) is 2.39. The number of carbonyl (C=O) groups excluding carboxylic acids is 1. The molecule has 2 N–H and O–H groups in total. The second kappa shape index (κ2) is 9.03. The lowest BCUT2D eigenvalue weighted by molar-refractivity contribution is 0.0952. The lowest BCUT2D eigenvalue weighted by atomic mass is 10.1. The molecule has 1 heterocycles. The van der Waals surface area contributed by atoms with Crippen LogP contribution in [0.1, 0.15) is 27.9 Å². The molecule has 24 heavy (non-hydrogen) atoms. The van der Waals surface area contributed by atoms with Gasteiger partial charge in [-0.2, -0.15) is 0 Å². The van der Waals surface area contributed by atoms with Gasteiger partial charge in [0, 0.05) is 25.5 Å². The standard InChI is InChI=1S/C19H26N4O/c1-15-6-4-7-16(10-15)12-22-18-11-17(13-20-14-18)19(24)21-8-5-9-23(2)3/h4,6-7,10-11,13-14,22H,5,8-9,12H2,1-3H3,(H,21,24). The maximum Gasteiger partial charge on any atom is 0.252 e. The number of carbonyl (C=O) groups is 1. The molecule has 0 spiro atoms. The zero-order chi connectivity index (χ0) is 17.4. The van der Waals surface area contributed by atoms with Crippen LogP contribution in [0.25, 0.3) is 0 Å². The molecule has 0 atom stereocenters. The third-order valence-corrected chi connectivity index (χ3v) is 3.65. The predicted octanol–water partition coefficient (Wildman–Crippen LogP) is 2.68. The first-order valence-corrected chi connectivity index (χ1v) is 8.22. The van der Waals surface area contributed by atoms with Crippen LogP contribution in [0, 0.1) is 6.92 Å². The summed E-state index contributed by atoms with van der Waals surface area (Å²) in [6.07, 6.45) is 4.26. The van der Waals surface area contributed by atoms with Crippen molar-refractivity contribution >= 4 is 11.6 Å². The zero-order valence-corrected chi connectivity index (χ0v) is 14.7. The molecule has 0 bridgehead atoms. The molecule has 0 saturated heterocycles. The quantitative estimate of drug-likeness (QED) is 0.732. The molecule has 2 aromatic rings. The summed E-state index contributed by atoms with van der Waals surface area (Å²) in [5.74, 6) is -0.0829. The number of nitrogens with zero attached hydrogens (tertiary/aromatic N) is 2. The maximum atomic E-state index is 12.2. The van der Waals surface area contributed by atoms with Gasteiger partial charge in [-0.05, 0) is 45.6 Å². The number of anilines is 1. The molecule has 1 aromatic heterocycles. The molecule has 5 nitrogen and oxygen atoms in total. The Morgan fingerprint density at radius 3 is 2.79 bits per heavy atom. The lowest BCUT2D eigenvalue weighted by Gasteiger charge is -2.11. The third-order valence-electron chi connectivity index (χ3n) is 3.65. The van der Waals surface area contributed by atoms with E-state index in [0.717, 1.165) is 18.7 Å². The molecule has 5 heteroatoms. The summed E-state index contributed by atoms with van der Waals surface area (Å²) >= 11 is 0. The summed E-state index contributed by atoms with van der Waals surface area (Å²) in [4.78, 5) is 18.4. The average molecular weight is 326 g/mol. The molecule has 0 aliphatic rings. The highest BCUT2D eigenvalue weighted by Crippen LogP contribution is 2.11. The van der Waals surface area contributed by atoms with Crippen LogP contribution in [-0.4, -0.2) is 43.0 Å². The maximum absolute atomic E-state index is 12.2. The van der Waals surface area contributed by atoms with Gasteiger partial charge < -0.3 is 15.5 Å². The van der Waals surface area contributed by atoms with Crippen molar-refractivity contribution in [2.24, 2.45) is 0 Å². The molecule has 2 rings (SSSR count). The van der Waals surface area contributed by atoms with Crippen molar-refractivity contribution in [1.82, 2.24) is 15.2 Å². The molecule has 0 aliphatic carbocycles. The van der Waals surface area contributed by atoms with Crippen LogP contribution in [-0.2, 0) is 6.54 Å². The minimum absolute atomic E-state index is 0.0829. The Morgan fingerprint density at radius 2 is 2.04 bits per heavy atom. The van der Waals surface area contributed by atoms with Gasteiger partial charge in [0.25, 0.3) is 5.91 Å². The van der Waals surface area contributed by atoms with E-state index in [1.807, 2.05) is 26.2 Å². The van der Waals surface area contributed by atoms with Crippen LogP contribution < -0.4 is 10.6 Å². The van der Waals surface area contributed by atoms with Crippen LogP contribution in [0.15, 0.2) is 42.7 Å². The van der Waals surface area contributed by atoms with Crippen molar-refractivity contribution in [3.8, 4) is 0 Å². The van der Waals surface area contributed by atoms with Gasteiger partial charge in [-0.25, -0.2) is 0 Å². The van der Waals surface area contributed by atoms with Crippen molar-refractivity contribution < 1.29 is 4.79 Å². The zero-order valence-electron chi connectivity index (χ0n) is 14.7. The number of aromatic nitrogens is 1. The summed E-state index contributed by atoms with van der Waals surface area (Å²) in [7, 11) is 4.05. The largest absolute Gasteiger partial charge is 0.380 e. The fourth-order valence-electron chi connectivity index (χ4n) is 2.39. The van der Waals surface area contributed by atoms with E-state index in [1.54, 1.807) is 12.4 Å². The smallest absolute Gasteiger partial charge is 0.252 e. The monoisotopic (exact) mass is 326 g/mol. The Labute approximate surface area is 144 Å². The Kier molecular flexibility index (Phi) is 6.75. The first-order valence-electron chi connectivity index (χ1n) is 8.22. The van der Waals surface area contributed by atoms with Crippen LogP contribution in [0.3, 0.4) is 0 Å². The molecule has 0 unspecified atom stereocenters. The summed E-state index contributed by atoms with van der Waals surface area (Å²) in [6.45, 7) is 4.40. The van der Waals surface area contributed by atoms with Gasteiger partial charge in [-0.3, -0.25) is 9.78 Å². The van der Waals surface area contributed by atoms with E-state index in [2.05, 4.69) is 45.6 Å². The van der Waals surface area contributed by atoms with Crippen LogP contribution >= 0.6 is 0 Å². The van der Waals surface area contributed by atoms with Crippen molar-refractivity contribution in [3.63, 3.8) is 0 Å². The highest BCUT2D eigenvalue weighted by atomic mass is 16.1. The van der Waals surface area contributed by atoms with Crippen LogP contribution in [0.5, 0.6) is 0 Å². The molecule has 0 fully saturated rings. The van der Waals surface area contributed by atoms with E-state index in [0.29, 0.717) is 18.7 Å². The number of rotatable bonds is 8. The normalized spacial score (nSPS) is 10.7. The van der Waals surface area contributed by atoms with Gasteiger partial charge in [0.05, 0.1) is 11.3 Å². The average Bonchev–Trinajstić information content (AvgIpc) is 2.57. The minimum Gasteiger partial charge on any atom is -0.380 e. The Hall–Kier alpha value is -2.40. The van der Waals surface area contributed by atoms with Crippen LogP contribution in [0.2, 0.25) is 0 Å². The summed E-state index contributed by atoms with van der Waals surface area (Å²) < 4.78 is 0. The second-order valence-corrected chi connectivity index (χ2v) is 6.22. The van der Waals surface area contributed by atoms with E-state index < -0.39 is 0 Å². The molecule has 0 saturated carbocycles. The van der Waals surface area contributed by atoms with Crippen molar-refractivity contribution in [2.75, 3.05) is 32.5 Å². The topological polar surface area (TPSA) is 57.3 Å². The van der Waals surface area contributed by atoms with Gasteiger partial charge in [0.15, 0.2) is 0 Å². The number of pyridine rings is 1. The van der Waals surface area contributed by atoms with Crippen molar-refractivity contribution in [1.29, 1.82) is 0 Å². The predicted molar refractivity (Wildman–Crippen MR) is 98.2 cm³/mol. The van der Waals surface area contributed by atoms with E-state index in [1.165, 1.54) is 11.1 Å². The molecule has 1 aromatic carbocycles. The first-order chi connectivity index (χ1) is 11.5. The summed E-state index contributed by atoms with van der Waals surface area (Å²) in [5.41, 5.74) is 3.86. The Morgan fingerprint density at radius 1 is 1.21 bits per heavy atom. The number of hydrogen-bond donors (Lipinski definition) is 2. The minimum atomic E-state index is -0.0829. The van der Waals surface area contributed by atoms with Crippen molar-refractivity contribution in [3.05, 3.63) is 59.4 Å². The van der Waals surface area contributed by atoms with Crippen molar-refractivity contribution in [2.45, 2.75) is 19.9 Å². The molecular weight excluding hydrogens is 300 g/mol. The van der Waals surface area contributed by atoms with Gasteiger partial charge in [0.2, 0.25) is 0 Å². The lowest BCUT2D eigenvalue weighted by Crippen LogP contribution is -2.27. The number of benzene rings is 1. The van der Waals surface area contributed by atoms with Gasteiger partial charge in [-0.15, -0.1) is 0 Å². The molecule has 128 valence electrons. The molecule has 1 amide bonds. The summed E-state index contributed by atoms with van der Waals surface area (Å²) in [5, 5.41) is 6.25. The van der Waals surface area contributed by atoms with Crippen LogP contribution in [0.4, 0.5) is 5.69 Å². The Balaban J connectivity index is 1.87. The second-order valence-electron chi connectivity index (χ2n) is 6.22. The van der Waals surface area contributed by atoms with E-state index >= 15 is 0 Å². The number of amides is 1. The highest BCUT2D eigenvalue weighted by Gasteiger charge is 2.06. The highest BCUT2D eigenvalue weighted by molar-refractivity contribution is 5.94.